The Bertz CT molecular complexity index is 1430. The maximum absolute atomic E-state index is 13.8. The molecule has 1 aliphatic rings. The van der Waals surface area contributed by atoms with Crippen molar-refractivity contribution in [1.82, 2.24) is 19.4 Å². The SMILES string of the molecule is CCCCOP(=O)(OCCCC)OCn1cc(C(=O)C(=O)N2CCN(Cc3ccccc3)CC2)c2c(OC)cnc(OC)c21. The molecule has 0 spiro atoms. The number of carbonyl (C=O) groups excluding carboxylic acids is 2. The molecule has 1 aliphatic heterocycles. The first-order valence-electron chi connectivity index (χ1n) is 15.1. The second-order valence-corrected chi connectivity index (χ2v) is 12.2. The second kappa shape index (κ2) is 16.2. The fourth-order valence-electron chi connectivity index (χ4n) is 4.95. The fraction of sp³-hybridized carbons (Fsp3) is 0.516. The van der Waals surface area contributed by atoms with Gasteiger partial charge in [0.15, 0.2) is 0 Å². The van der Waals surface area contributed by atoms with E-state index >= 15 is 0 Å². The summed E-state index contributed by atoms with van der Waals surface area (Å²) < 4.78 is 42.9. The van der Waals surface area contributed by atoms with E-state index in [2.05, 4.69) is 22.0 Å². The number of benzene rings is 1. The molecular formula is C31H43N4O8P. The summed E-state index contributed by atoms with van der Waals surface area (Å²) in [5, 5.41) is 0.345. The predicted molar refractivity (Wildman–Crippen MR) is 166 cm³/mol. The lowest BCUT2D eigenvalue weighted by atomic mass is 10.1. The van der Waals surface area contributed by atoms with E-state index in [-0.39, 0.29) is 37.1 Å². The molecule has 0 radical (unpaired) electrons. The van der Waals surface area contributed by atoms with Gasteiger partial charge in [0.05, 0.1) is 44.6 Å². The molecule has 12 nitrogen and oxygen atoms in total. The molecule has 0 atom stereocenters. The van der Waals surface area contributed by atoms with Gasteiger partial charge in [-0.25, -0.2) is 9.55 Å². The molecule has 1 saturated heterocycles. The quantitative estimate of drug-likeness (QED) is 0.0841. The first-order chi connectivity index (χ1) is 21.3. The molecular weight excluding hydrogens is 587 g/mol. The van der Waals surface area contributed by atoms with Crippen LogP contribution in [0.5, 0.6) is 11.6 Å². The maximum Gasteiger partial charge on any atom is 0.476 e. The zero-order valence-electron chi connectivity index (χ0n) is 26.0. The van der Waals surface area contributed by atoms with Crippen molar-refractivity contribution >= 4 is 30.4 Å². The van der Waals surface area contributed by atoms with E-state index in [0.29, 0.717) is 49.9 Å². The maximum atomic E-state index is 13.8. The molecule has 1 aromatic carbocycles. The fourth-order valence-corrected chi connectivity index (χ4v) is 6.15. The van der Waals surface area contributed by atoms with E-state index in [1.165, 1.54) is 36.7 Å². The van der Waals surface area contributed by atoms with Gasteiger partial charge in [-0.15, -0.1) is 0 Å². The summed E-state index contributed by atoms with van der Waals surface area (Å²) >= 11 is 0. The largest absolute Gasteiger partial charge is 0.494 e. The lowest BCUT2D eigenvalue weighted by Gasteiger charge is -2.34. The van der Waals surface area contributed by atoms with Gasteiger partial charge in [0, 0.05) is 38.9 Å². The first kappa shape index (κ1) is 33.6. The van der Waals surface area contributed by atoms with Crippen molar-refractivity contribution in [3.8, 4) is 11.6 Å². The second-order valence-electron chi connectivity index (χ2n) is 10.5. The Morgan fingerprint density at radius 2 is 1.57 bits per heavy atom. The molecule has 3 aromatic rings. The van der Waals surface area contributed by atoms with Gasteiger partial charge in [-0.2, -0.15) is 0 Å². The van der Waals surface area contributed by atoms with E-state index in [1.54, 1.807) is 4.90 Å². The zero-order chi connectivity index (χ0) is 31.5. The number of phosphoric acid groups is 1. The number of unbranched alkanes of at least 4 members (excludes halogenated alkanes) is 2. The molecule has 1 amide bonds. The van der Waals surface area contributed by atoms with Crippen LogP contribution in [-0.4, -0.2) is 84.7 Å². The van der Waals surface area contributed by atoms with Gasteiger partial charge >= 0.3 is 7.82 Å². The number of aromatic nitrogens is 2. The summed E-state index contributed by atoms with van der Waals surface area (Å²) in [7, 11) is -1.03. The number of fused-ring (bicyclic) bond motifs is 1. The smallest absolute Gasteiger partial charge is 0.476 e. The van der Waals surface area contributed by atoms with Crippen LogP contribution in [0.1, 0.15) is 55.5 Å². The normalized spacial score (nSPS) is 14.2. The molecule has 44 heavy (non-hydrogen) atoms. The van der Waals surface area contributed by atoms with Crippen LogP contribution in [0.2, 0.25) is 0 Å². The molecule has 0 saturated carbocycles. The van der Waals surface area contributed by atoms with Crippen molar-refractivity contribution < 1.29 is 37.2 Å². The Morgan fingerprint density at radius 1 is 0.909 bits per heavy atom. The summed E-state index contributed by atoms with van der Waals surface area (Å²) in [6.45, 7) is 7.03. The predicted octanol–water partition coefficient (Wildman–Crippen LogP) is 5.30. The van der Waals surface area contributed by atoms with Crippen molar-refractivity contribution in [2.75, 3.05) is 53.6 Å². The lowest BCUT2D eigenvalue weighted by molar-refractivity contribution is -0.128. The monoisotopic (exact) mass is 630 g/mol. The summed E-state index contributed by atoms with van der Waals surface area (Å²) in [5.74, 6) is -0.846. The number of hydrogen-bond donors (Lipinski definition) is 0. The van der Waals surface area contributed by atoms with Crippen LogP contribution >= 0.6 is 7.82 Å². The average Bonchev–Trinajstić information content (AvgIpc) is 3.44. The number of Topliss-reactive ketones (excluding diaryl/α,β-unsaturated/α-hetero) is 1. The Labute approximate surface area is 258 Å². The topological polar surface area (TPSA) is 122 Å². The number of methoxy groups -OCH3 is 2. The van der Waals surface area contributed by atoms with Crippen LogP contribution in [0.3, 0.4) is 0 Å². The summed E-state index contributed by atoms with van der Waals surface area (Å²) in [5.41, 5.74) is 1.65. The van der Waals surface area contributed by atoms with Gasteiger partial charge in [-0.05, 0) is 18.4 Å². The summed E-state index contributed by atoms with van der Waals surface area (Å²) in [6, 6.07) is 10.1. The van der Waals surface area contributed by atoms with E-state index in [0.717, 1.165) is 19.4 Å². The summed E-state index contributed by atoms with van der Waals surface area (Å²) in [4.78, 5) is 35.4. The number of rotatable bonds is 17. The van der Waals surface area contributed by atoms with Gasteiger partial charge in [-0.1, -0.05) is 57.0 Å². The molecule has 1 fully saturated rings. The number of ketones is 1. The van der Waals surface area contributed by atoms with Crippen LogP contribution in [-0.2, 0) is 36.2 Å². The minimum atomic E-state index is -3.93. The Morgan fingerprint density at radius 3 is 2.16 bits per heavy atom. The Hall–Kier alpha value is -3.28. The third-order valence-corrected chi connectivity index (χ3v) is 8.87. The van der Waals surface area contributed by atoms with Crippen molar-refractivity contribution in [2.45, 2.75) is 52.8 Å². The Balaban J connectivity index is 1.57. The van der Waals surface area contributed by atoms with Crippen molar-refractivity contribution in [1.29, 1.82) is 0 Å². The highest BCUT2D eigenvalue weighted by Gasteiger charge is 2.33. The molecule has 240 valence electrons. The van der Waals surface area contributed by atoms with Crippen LogP contribution in [0.25, 0.3) is 10.9 Å². The third-order valence-electron chi connectivity index (χ3n) is 7.44. The number of pyridine rings is 1. The molecule has 4 rings (SSSR count). The Kier molecular flexibility index (Phi) is 12.3. The van der Waals surface area contributed by atoms with Crippen molar-refractivity contribution in [2.24, 2.45) is 0 Å². The molecule has 0 aliphatic carbocycles. The number of ether oxygens (including phenoxy) is 2. The van der Waals surface area contributed by atoms with Crippen molar-refractivity contribution in [3.05, 3.63) is 53.9 Å². The van der Waals surface area contributed by atoms with Gasteiger partial charge in [0.25, 0.3) is 11.7 Å². The van der Waals surface area contributed by atoms with E-state index in [4.69, 9.17) is 23.0 Å². The molecule has 0 bridgehead atoms. The molecule has 2 aromatic heterocycles. The standard InChI is InChI=1S/C31H43N4O8P/c1-5-7-18-41-44(38,42-19-8-6-2)43-23-35-22-25(27-26(39-3)20-32-30(40-4)28(27)35)29(36)31(37)34-16-14-33(15-17-34)21-24-12-10-9-11-13-24/h9-13,20,22H,5-8,14-19,21,23H2,1-4H3. The highest BCUT2D eigenvalue weighted by Crippen LogP contribution is 2.50. The number of nitrogens with zero attached hydrogens (tertiary/aromatic N) is 4. The molecule has 0 unspecified atom stereocenters. The van der Waals surface area contributed by atoms with Gasteiger partial charge in [0.1, 0.15) is 18.0 Å². The molecule has 0 N–H and O–H groups in total. The van der Waals surface area contributed by atoms with Crippen LogP contribution < -0.4 is 9.47 Å². The zero-order valence-corrected chi connectivity index (χ0v) is 26.9. The van der Waals surface area contributed by atoms with E-state index in [9.17, 15) is 14.2 Å². The van der Waals surface area contributed by atoms with Gasteiger partial charge in [-0.3, -0.25) is 28.1 Å². The van der Waals surface area contributed by atoms with Gasteiger partial charge in [0.2, 0.25) is 5.88 Å². The number of phosphoric ester groups is 1. The van der Waals surface area contributed by atoms with Crippen LogP contribution in [0.15, 0.2) is 42.7 Å². The highest BCUT2D eigenvalue weighted by atomic mass is 31.2. The minimum absolute atomic E-state index is 0.103. The first-order valence-corrected chi connectivity index (χ1v) is 16.5. The average molecular weight is 631 g/mol. The van der Waals surface area contributed by atoms with Crippen LogP contribution in [0, 0.1) is 0 Å². The number of piperazine rings is 1. The summed E-state index contributed by atoms with van der Waals surface area (Å²) in [6.07, 6.45) is 5.98. The number of hydrogen-bond acceptors (Lipinski definition) is 10. The van der Waals surface area contributed by atoms with Crippen molar-refractivity contribution in [3.63, 3.8) is 0 Å². The van der Waals surface area contributed by atoms with Gasteiger partial charge < -0.3 is 18.9 Å². The third kappa shape index (κ3) is 8.25. The van der Waals surface area contributed by atoms with E-state index < -0.39 is 19.5 Å². The number of amides is 1. The minimum Gasteiger partial charge on any atom is -0.494 e. The lowest BCUT2D eigenvalue weighted by Crippen LogP contribution is -2.50. The highest BCUT2D eigenvalue weighted by molar-refractivity contribution is 7.48. The van der Waals surface area contributed by atoms with Crippen LogP contribution in [0.4, 0.5) is 0 Å². The molecule has 13 heteroatoms. The molecule has 3 heterocycles. The van der Waals surface area contributed by atoms with E-state index in [1.807, 2.05) is 32.0 Å². The number of carbonyl (C=O) groups is 2.